The summed E-state index contributed by atoms with van der Waals surface area (Å²) in [5.74, 6) is -0.531. The minimum atomic E-state index is -0.314. The van der Waals surface area contributed by atoms with Crippen molar-refractivity contribution in [3.8, 4) is 6.07 Å². The van der Waals surface area contributed by atoms with Crippen molar-refractivity contribution >= 4 is 28.2 Å². The molecule has 0 saturated heterocycles. The number of carbonyl (C=O) groups excluding carboxylic acids is 2. The molecule has 1 aromatic heterocycles. The minimum absolute atomic E-state index is 0.126. The smallest absolute Gasteiger partial charge is 0.320 e. The van der Waals surface area contributed by atoms with Crippen molar-refractivity contribution in [3.63, 3.8) is 0 Å². The van der Waals surface area contributed by atoms with Gasteiger partial charge in [0.25, 0.3) is 0 Å². The molecule has 1 amide bonds. The van der Waals surface area contributed by atoms with Crippen LogP contribution < -0.4 is 5.32 Å². The van der Waals surface area contributed by atoms with Gasteiger partial charge in [0.15, 0.2) is 0 Å². The number of rotatable bonds is 7. The number of thiophene rings is 1. The normalized spacial score (nSPS) is 13.8. The SMILES string of the molecule is CCOC(=O)CN(CC(=O)Nc1sccc1C#N)C1CC1. The van der Waals surface area contributed by atoms with Gasteiger partial charge in [0, 0.05) is 6.04 Å². The lowest BCUT2D eigenvalue weighted by Gasteiger charge is -2.19. The van der Waals surface area contributed by atoms with Gasteiger partial charge in [0.1, 0.15) is 11.1 Å². The summed E-state index contributed by atoms with van der Waals surface area (Å²) in [6, 6.07) is 3.97. The lowest BCUT2D eigenvalue weighted by atomic mass is 10.3. The number of ether oxygens (including phenoxy) is 1. The second-order valence-electron chi connectivity index (χ2n) is 4.76. The average molecular weight is 307 g/mol. The molecule has 1 aromatic rings. The number of anilines is 1. The second-order valence-corrected chi connectivity index (χ2v) is 5.68. The molecule has 0 spiro atoms. The van der Waals surface area contributed by atoms with Crippen molar-refractivity contribution in [2.24, 2.45) is 0 Å². The van der Waals surface area contributed by atoms with Crippen molar-refractivity contribution in [1.82, 2.24) is 4.90 Å². The van der Waals surface area contributed by atoms with Gasteiger partial charge in [0.05, 0.1) is 25.3 Å². The van der Waals surface area contributed by atoms with E-state index in [9.17, 15) is 9.59 Å². The third-order valence-electron chi connectivity index (χ3n) is 3.09. The first kappa shape index (κ1) is 15.5. The first-order valence-corrected chi connectivity index (χ1v) is 7.69. The predicted molar refractivity (Wildman–Crippen MR) is 78.9 cm³/mol. The van der Waals surface area contributed by atoms with Crippen LogP contribution in [-0.4, -0.2) is 42.5 Å². The van der Waals surface area contributed by atoms with Gasteiger partial charge in [-0.15, -0.1) is 11.3 Å². The van der Waals surface area contributed by atoms with Crippen LogP contribution in [0.15, 0.2) is 11.4 Å². The van der Waals surface area contributed by atoms with E-state index in [2.05, 4.69) is 5.32 Å². The lowest BCUT2D eigenvalue weighted by molar-refractivity contribution is -0.144. The summed E-state index contributed by atoms with van der Waals surface area (Å²) in [7, 11) is 0. The summed E-state index contributed by atoms with van der Waals surface area (Å²) < 4.78 is 4.92. The molecule has 1 saturated carbocycles. The van der Waals surface area contributed by atoms with Crippen LogP contribution in [0.25, 0.3) is 0 Å². The Morgan fingerprint density at radius 1 is 1.52 bits per heavy atom. The highest BCUT2D eigenvalue weighted by Gasteiger charge is 2.32. The molecule has 21 heavy (non-hydrogen) atoms. The third kappa shape index (κ3) is 4.55. The maximum Gasteiger partial charge on any atom is 0.320 e. The Kier molecular flexibility index (Phi) is 5.31. The molecular formula is C14H17N3O3S. The van der Waals surface area contributed by atoms with Crippen LogP contribution in [0, 0.1) is 11.3 Å². The first-order valence-electron chi connectivity index (χ1n) is 6.81. The molecule has 0 aliphatic heterocycles. The number of nitriles is 1. The van der Waals surface area contributed by atoms with Crippen molar-refractivity contribution in [2.75, 3.05) is 25.0 Å². The Bertz CT molecular complexity index is 560. The van der Waals surface area contributed by atoms with Gasteiger partial charge in [-0.1, -0.05) is 0 Å². The highest BCUT2D eigenvalue weighted by molar-refractivity contribution is 7.14. The molecule has 1 N–H and O–H groups in total. The summed E-state index contributed by atoms with van der Waals surface area (Å²) >= 11 is 1.31. The van der Waals surface area contributed by atoms with Crippen LogP contribution in [0.4, 0.5) is 5.00 Å². The van der Waals surface area contributed by atoms with E-state index in [4.69, 9.17) is 10.00 Å². The number of hydrogen-bond acceptors (Lipinski definition) is 6. The fraction of sp³-hybridized carbons (Fsp3) is 0.500. The zero-order valence-corrected chi connectivity index (χ0v) is 12.6. The molecular weight excluding hydrogens is 290 g/mol. The highest BCUT2D eigenvalue weighted by atomic mass is 32.1. The molecule has 112 valence electrons. The van der Waals surface area contributed by atoms with Gasteiger partial charge in [0.2, 0.25) is 5.91 Å². The molecule has 0 unspecified atom stereocenters. The summed E-state index contributed by atoms with van der Waals surface area (Å²) in [5, 5.41) is 13.9. The topological polar surface area (TPSA) is 82.4 Å². The van der Waals surface area contributed by atoms with Gasteiger partial charge in [-0.05, 0) is 31.2 Å². The van der Waals surface area contributed by atoms with E-state index in [0.717, 1.165) is 12.8 Å². The second kappa shape index (κ2) is 7.20. The molecule has 0 radical (unpaired) electrons. The van der Waals surface area contributed by atoms with E-state index in [1.807, 2.05) is 11.0 Å². The van der Waals surface area contributed by atoms with Crippen molar-refractivity contribution in [3.05, 3.63) is 17.0 Å². The van der Waals surface area contributed by atoms with Crippen molar-refractivity contribution in [2.45, 2.75) is 25.8 Å². The van der Waals surface area contributed by atoms with Gasteiger partial charge < -0.3 is 10.1 Å². The Balaban J connectivity index is 1.90. The summed E-state index contributed by atoms with van der Waals surface area (Å²) in [6.07, 6.45) is 1.99. The summed E-state index contributed by atoms with van der Waals surface area (Å²) in [4.78, 5) is 25.4. The largest absolute Gasteiger partial charge is 0.465 e. The number of esters is 1. The van der Waals surface area contributed by atoms with Gasteiger partial charge in [-0.25, -0.2) is 0 Å². The zero-order chi connectivity index (χ0) is 15.2. The Hall–Kier alpha value is -1.91. The molecule has 1 heterocycles. The van der Waals surface area contributed by atoms with Gasteiger partial charge in [-0.3, -0.25) is 14.5 Å². The zero-order valence-electron chi connectivity index (χ0n) is 11.8. The minimum Gasteiger partial charge on any atom is -0.465 e. The molecule has 0 atom stereocenters. The Morgan fingerprint density at radius 2 is 2.29 bits per heavy atom. The number of hydrogen-bond donors (Lipinski definition) is 1. The van der Waals surface area contributed by atoms with E-state index in [-0.39, 0.29) is 31.0 Å². The molecule has 2 rings (SSSR count). The Morgan fingerprint density at radius 3 is 2.90 bits per heavy atom. The van der Waals surface area contributed by atoms with Crippen LogP contribution in [0.1, 0.15) is 25.3 Å². The maximum absolute atomic E-state index is 12.1. The van der Waals surface area contributed by atoms with Crippen molar-refractivity contribution in [1.29, 1.82) is 5.26 Å². The molecule has 1 aliphatic rings. The predicted octanol–water partition coefficient (Wildman–Crippen LogP) is 1.59. The molecule has 6 nitrogen and oxygen atoms in total. The molecule has 1 aliphatic carbocycles. The number of nitrogens with one attached hydrogen (secondary N) is 1. The Labute approximate surface area is 127 Å². The molecule has 0 bridgehead atoms. The van der Waals surface area contributed by atoms with Gasteiger partial charge >= 0.3 is 5.97 Å². The molecule has 7 heteroatoms. The van der Waals surface area contributed by atoms with E-state index < -0.39 is 0 Å². The van der Waals surface area contributed by atoms with E-state index >= 15 is 0 Å². The fourth-order valence-corrected chi connectivity index (χ4v) is 2.72. The summed E-state index contributed by atoms with van der Waals surface area (Å²) in [5.41, 5.74) is 0.455. The van der Waals surface area contributed by atoms with Gasteiger partial charge in [-0.2, -0.15) is 5.26 Å². The van der Waals surface area contributed by atoms with Crippen LogP contribution in [0.3, 0.4) is 0 Å². The third-order valence-corrected chi connectivity index (χ3v) is 3.92. The number of nitrogens with zero attached hydrogens (tertiary/aromatic N) is 2. The average Bonchev–Trinajstić information content (AvgIpc) is 3.19. The quantitative estimate of drug-likeness (QED) is 0.773. The van der Waals surface area contributed by atoms with E-state index in [1.165, 1.54) is 11.3 Å². The number of amides is 1. The molecule has 1 fully saturated rings. The maximum atomic E-state index is 12.1. The van der Waals surface area contributed by atoms with Crippen LogP contribution in [0.2, 0.25) is 0 Å². The van der Waals surface area contributed by atoms with E-state index in [0.29, 0.717) is 17.2 Å². The van der Waals surface area contributed by atoms with Crippen LogP contribution in [-0.2, 0) is 14.3 Å². The highest BCUT2D eigenvalue weighted by Crippen LogP contribution is 2.27. The van der Waals surface area contributed by atoms with Crippen molar-refractivity contribution < 1.29 is 14.3 Å². The molecule has 0 aromatic carbocycles. The summed E-state index contributed by atoms with van der Waals surface area (Å²) in [6.45, 7) is 2.35. The standard InChI is InChI=1S/C14H17N3O3S/c1-2-20-13(19)9-17(11-3-4-11)8-12(18)16-14-10(7-15)5-6-21-14/h5-6,11H,2-4,8-9H2,1H3,(H,16,18). The monoisotopic (exact) mass is 307 g/mol. The van der Waals surface area contributed by atoms with E-state index in [1.54, 1.807) is 18.4 Å². The first-order chi connectivity index (χ1) is 10.1. The van der Waals surface area contributed by atoms with Crippen LogP contribution >= 0.6 is 11.3 Å². The number of carbonyl (C=O) groups is 2. The van der Waals surface area contributed by atoms with Crippen LogP contribution in [0.5, 0.6) is 0 Å². The lowest BCUT2D eigenvalue weighted by Crippen LogP contribution is -2.39. The fourth-order valence-electron chi connectivity index (χ4n) is 1.97.